The van der Waals surface area contributed by atoms with Gasteiger partial charge in [-0.1, -0.05) is 12.1 Å². The SMILES string of the molecule is COc1cc2c(cc1OC(=O)OC(C)(C)C)CCN[C@]21CS[C@@H]2c3c(O)c(C)c4c(c3[C@H](COC1=O)N1C2[C@H]2c3c(cc(C)c(OC)c3O)C[C@@H]([C@@H]1C#N)N2C)OCO4.COc1cc2c(cc1OC(=O)OC(C)(C)C)CCN[C@]21CS[C@@H]2c3c(OC(=O)C(F)(F)C(F)(F)C(F)(F)F)c(C)c4c(c3[C@H](COC1=O)N1C2[C@H]2c3c(cc(C)c(OC)c3O)C[C@@H]([C@@H]1C#N)N2C)OCO4.O=C(Cl)C(F)(F)C(F)(F)C(F)(F)F. The molecule has 772 valence electrons. The lowest BCUT2D eigenvalue weighted by atomic mass is 9.71. The van der Waals surface area contributed by atoms with Gasteiger partial charge in [-0.25, -0.2) is 24.0 Å². The third-order valence-electron chi connectivity index (χ3n) is 27.7. The molecule has 0 amide bonds. The Morgan fingerprint density at radius 2 is 0.867 bits per heavy atom. The fraction of sp³-hybridized carbons (Fsp3) is 0.532. The van der Waals surface area contributed by atoms with Crippen LogP contribution in [0.25, 0.3) is 0 Å². The minimum absolute atomic E-state index is 0.00456. The van der Waals surface area contributed by atoms with Crippen molar-refractivity contribution in [2.45, 2.75) is 224 Å². The van der Waals surface area contributed by atoms with Crippen molar-refractivity contribution in [1.82, 2.24) is 30.2 Å². The van der Waals surface area contributed by atoms with E-state index in [-0.39, 0.29) is 125 Å². The lowest BCUT2D eigenvalue weighted by Gasteiger charge is -2.62. The van der Waals surface area contributed by atoms with Gasteiger partial charge in [-0.15, -0.1) is 23.5 Å². The number of hydrogen-bond donors (Lipinski definition) is 5. The van der Waals surface area contributed by atoms with Gasteiger partial charge in [0.25, 0.3) is 5.24 Å². The van der Waals surface area contributed by atoms with Crippen LogP contribution in [-0.2, 0) is 74.9 Å². The highest BCUT2D eigenvalue weighted by molar-refractivity contribution is 7.99. The van der Waals surface area contributed by atoms with E-state index in [9.17, 15) is 103 Å². The molecule has 0 saturated carbocycles. The average Bonchev–Trinajstić information content (AvgIpc) is 1.62. The van der Waals surface area contributed by atoms with E-state index in [0.29, 0.717) is 92.3 Å². The molecule has 14 heterocycles. The maximum atomic E-state index is 15.4. The number of esters is 3. The maximum Gasteiger partial charge on any atom is 0.514 e. The number of thioether (sulfide) groups is 2. The minimum Gasteiger partial charge on any atom is -0.507 e. The molecule has 2 spiro atoms. The predicted molar refractivity (Wildman–Crippen MR) is 474 cm³/mol. The van der Waals surface area contributed by atoms with Crippen LogP contribution in [0.4, 0.5) is 71.1 Å². The van der Waals surface area contributed by atoms with Gasteiger partial charge in [0.15, 0.2) is 80.1 Å². The van der Waals surface area contributed by atoms with E-state index in [4.69, 9.17) is 71.1 Å². The van der Waals surface area contributed by atoms with E-state index in [1.165, 1.54) is 59.3 Å². The Kier molecular flexibility index (Phi) is 26.9. The number of phenols is 3. The molecule has 143 heavy (non-hydrogen) atoms. The van der Waals surface area contributed by atoms with Crippen LogP contribution in [0.2, 0.25) is 0 Å². The number of aromatic hydroxyl groups is 3. The van der Waals surface area contributed by atoms with Crippen molar-refractivity contribution >= 4 is 70.6 Å². The Hall–Kier alpha value is -11.5. The first kappa shape index (κ1) is 104. The third-order valence-corrected chi connectivity index (χ3v) is 30.9. The van der Waals surface area contributed by atoms with Crippen LogP contribution in [0.1, 0.15) is 165 Å². The van der Waals surface area contributed by atoms with E-state index >= 15 is 13.6 Å². The molecule has 5 N–H and O–H groups in total. The second-order valence-corrected chi connectivity index (χ2v) is 40.7. The molecule has 14 aliphatic rings. The fourth-order valence-corrected chi connectivity index (χ4v) is 25.1. The average molecular weight is 2090 g/mol. The second-order valence-electron chi connectivity index (χ2n) is 38.1. The van der Waals surface area contributed by atoms with Gasteiger partial charge in [-0.05, 0) is 189 Å². The number of halogens is 15. The number of carbonyl (C=O) groups excluding carboxylic acids is 6. The summed E-state index contributed by atoms with van der Waals surface area (Å²) >= 11 is 6.30. The summed E-state index contributed by atoms with van der Waals surface area (Å²) in [6, 6.07) is 7.35. The number of aryl methyl sites for hydroxylation is 2. The summed E-state index contributed by atoms with van der Waals surface area (Å²) in [7, 11) is 9.34. The molecular formula is C94H95ClF14N8O24S2. The van der Waals surface area contributed by atoms with E-state index < -0.39 is 178 Å². The molecular weight excluding hydrogens is 1990 g/mol. The number of benzene rings is 6. The molecule has 14 atom stereocenters. The summed E-state index contributed by atoms with van der Waals surface area (Å²) in [6.07, 6.45) is -13.9. The number of alkyl halides is 14. The molecule has 4 saturated heterocycles. The maximum absolute atomic E-state index is 15.4. The summed E-state index contributed by atoms with van der Waals surface area (Å²) in [6.45, 7) is 15.9. The molecule has 6 aromatic rings. The summed E-state index contributed by atoms with van der Waals surface area (Å²) in [5.74, 6) is -30.3. The molecule has 8 bridgehead atoms. The third kappa shape index (κ3) is 16.8. The number of nitrogens with one attached hydrogen (secondary N) is 2. The van der Waals surface area contributed by atoms with Crippen LogP contribution in [0.3, 0.4) is 0 Å². The monoisotopic (exact) mass is 2080 g/mol. The first-order chi connectivity index (χ1) is 66.8. The van der Waals surface area contributed by atoms with Crippen LogP contribution in [0, 0.1) is 50.4 Å². The smallest absolute Gasteiger partial charge is 0.507 e. The van der Waals surface area contributed by atoms with Crippen molar-refractivity contribution in [3.8, 4) is 92.6 Å². The van der Waals surface area contributed by atoms with Gasteiger partial charge >= 0.3 is 66.3 Å². The van der Waals surface area contributed by atoms with Gasteiger partial charge in [0, 0.05) is 93.3 Å². The standard InChI is InChI=1S/C47H47F7N4O12S.C43H48N4O11S.C4ClF7O/c1-19-11-22-12-24-25(15-55)58-26-16-65-40(60)44(23-14-27(63-7)28(13-21(23)9-10-56-44)68-42(62)70-43(3,4)5)17-71-39(33(58)32(57(24)6)29(22)34(59)35(19)64-8)31-30(26)38-37(66-18-67-38)20(2)36(31)69-41(61)45(48,49)46(50,51)47(52,53)54;1-19-11-22-12-24-25(15-44)47-26-16-54-40(50)43(23-14-27(52-7)28(13-21(23)9-10-45-43)57-41(51)58-42(3,4)5)17-59-39(31-30(26)38-37(55-18-56-38)20(2)34(31)48)33(47)32(46(24)6)29(22)35(49)36(19)53-8;5-1(13)2(6,7)3(8,9)4(10,11)12/h11,13-14,24-26,32-33,39,56,59H,9-10,12,16-18H2,1-8H3;11,13-14,24-26,32-33,39,45,48-49H,9-10,12,16-18H2,1-8H3;/t24-,25-,26-,32+,33?,39+,44+;24-,25-,26-,32+,33?,39+,43+;/m00./s1. The highest BCUT2D eigenvalue weighted by Crippen LogP contribution is 2.69. The molecule has 14 aliphatic heterocycles. The molecule has 4 fully saturated rings. The van der Waals surface area contributed by atoms with Gasteiger partial charge < -0.3 is 86.4 Å². The topological polar surface area (TPSA) is 386 Å². The summed E-state index contributed by atoms with van der Waals surface area (Å²) in [5, 5.41) is 60.7. The van der Waals surface area contributed by atoms with E-state index in [2.05, 4.69) is 44.2 Å². The van der Waals surface area contributed by atoms with Crippen molar-refractivity contribution in [1.29, 1.82) is 10.5 Å². The number of ether oxygens (including phenoxy) is 15. The normalized spacial score (nSPS) is 25.8. The molecule has 0 radical (unpaired) electrons. The number of methoxy groups -OCH3 is 4. The highest BCUT2D eigenvalue weighted by Gasteiger charge is 2.79. The lowest BCUT2D eigenvalue weighted by Crippen LogP contribution is -2.69. The minimum atomic E-state index is -6.89. The fourth-order valence-electron chi connectivity index (χ4n) is 21.6. The van der Waals surface area contributed by atoms with Crippen LogP contribution < -0.4 is 62.7 Å². The number of rotatable bonds is 11. The molecule has 0 aromatic heterocycles. The first-order valence-electron chi connectivity index (χ1n) is 44.4. The van der Waals surface area contributed by atoms with Crippen molar-refractivity contribution in [3.63, 3.8) is 0 Å². The van der Waals surface area contributed by atoms with Gasteiger partial charge in [0.05, 0.1) is 75.2 Å². The van der Waals surface area contributed by atoms with Gasteiger partial charge in [-0.2, -0.15) is 72.0 Å². The Balaban J connectivity index is 0.000000185. The van der Waals surface area contributed by atoms with Crippen molar-refractivity contribution < 1.29 is 177 Å². The van der Waals surface area contributed by atoms with Crippen LogP contribution in [0.15, 0.2) is 36.4 Å². The number of carbonyl (C=O) groups is 6. The van der Waals surface area contributed by atoms with Crippen LogP contribution in [-0.4, -0.2) is 248 Å². The Bertz CT molecular complexity index is 6340. The molecule has 49 heteroatoms. The lowest BCUT2D eigenvalue weighted by molar-refractivity contribution is -0.346. The first-order valence-corrected chi connectivity index (χ1v) is 46.9. The Morgan fingerprint density at radius 3 is 1.24 bits per heavy atom. The molecule has 2 unspecified atom stereocenters. The zero-order valence-electron chi connectivity index (χ0n) is 79.0. The molecule has 6 aromatic carbocycles. The van der Waals surface area contributed by atoms with Crippen LogP contribution >= 0.6 is 35.1 Å². The number of likely N-dealkylation sites (N-methyl/N-ethyl adjacent to an activating group) is 2. The van der Waals surface area contributed by atoms with E-state index in [1.54, 1.807) is 85.5 Å². The largest absolute Gasteiger partial charge is 0.514 e. The van der Waals surface area contributed by atoms with Gasteiger partial charge in [0.1, 0.15) is 48.0 Å². The van der Waals surface area contributed by atoms with Gasteiger partial charge in [-0.3, -0.25) is 35.0 Å². The zero-order valence-corrected chi connectivity index (χ0v) is 81.4. The summed E-state index contributed by atoms with van der Waals surface area (Å²) in [4.78, 5) is 86.6. The summed E-state index contributed by atoms with van der Waals surface area (Å²) < 4.78 is 268. The predicted octanol–water partition coefficient (Wildman–Crippen LogP) is 15.4. The van der Waals surface area contributed by atoms with E-state index in [0.717, 1.165) is 28.5 Å². The zero-order chi connectivity index (χ0) is 105. The number of fused-ring (bicyclic) bond motifs is 18. The number of nitrogens with zero attached hydrogens (tertiary/aromatic N) is 6. The van der Waals surface area contributed by atoms with Crippen molar-refractivity contribution in [3.05, 3.63) is 125 Å². The Labute approximate surface area is 820 Å². The Morgan fingerprint density at radius 1 is 0.483 bits per heavy atom. The highest BCUT2D eigenvalue weighted by atomic mass is 35.5. The molecule has 32 nitrogen and oxygen atoms in total. The van der Waals surface area contributed by atoms with Crippen molar-refractivity contribution in [2.75, 3.05) is 93.9 Å². The number of phenolic OH excluding ortho intramolecular Hbond substituents is 3. The summed E-state index contributed by atoms with van der Waals surface area (Å²) in [5.41, 5.74) is 2.37. The molecule has 20 rings (SSSR count). The number of nitriles is 2. The van der Waals surface area contributed by atoms with E-state index in [1.807, 2.05) is 24.9 Å². The molecule has 0 aliphatic carbocycles. The number of hydrogen-bond acceptors (Lipinski definition) is 34. The van der Waals surface area contributed by atoms with Crippen molar-refractivity contribution in [2.24, 2.45) is 0 Å². The quantitative estimate of drug-likeness (QED) is 0.0201. The second kappa shape index (κ2) is 36.9. The number of piperazine rings is 2. The van der Waals surface area contributed by atoms with Crippen LogP contribution in [0.5, 0.6) is 80.5 Å². The van der Waals surface area contributed by atoms with Gasteiger partial charge in [0.2, 0.25) is 13.6 Å².